The van der Waals surface area contributed by atoms with E-state index < -0.39 is 53.7 Å². The maximum absolute atomic E-state index is 11.9. The molecule has 5 atom stereocenters. The number of carbonyl (C=O) groups is 4. The van der Waals surface area contributed by atoms with E-state index in [0.717, 1.165) is 25.0 Å². The minimum atomic E-state index is -1.11. The zero-order valence-electron chi connectivity index (χ0n) is 22.5. The molecule has 0 N–H and O–H groups in total. The van der Waals surface area contributed by atoms with E-state index >= 15 is 0 Å². The topological polar surface area (TPSA) is 114 Å². The molecule has 1 heterocycles. The van der Waals surface area contributed by atoms with Crippen LogP contribution >= 0.6 is 11.8 Å². The van der Waals surface area contributed by atoms with Gasteiger partial charge in [0.25, 0.3) is 0 Å². The summed E-state index contributed by atoms with van der Waals surface area (Å²) < 4.78 is 27.6. The van der Waals surface area contributed by atoms with Gasteiger partial charge in [0, 0.05) is 27.7 Å². The van der Waals surface area contributed by atoms with Crippen LogP contribution in [0.2, 0.25) is 0 Å². The third kappa shape index (κ3) is 13.5. The molecule has 0 bridgehead atoms. The van der Waals surface area contributed by atoms with E-state index in [1.54, 1.807) is 0 Å². The van der Waals surface area contributed by atoms with Crippen molar-refractivity contribution in [1.29, 1.82) is 0 Å². The molecule has 1 aliphatic heterocycles. The molecule has 0 aliphatic carbocycles. The highest BCUT2D eigenvalue weighted by atomic mass is 32.2. The van der Waals surface area contributed by atoms with Crippen LogP contribution < -0.4 is 0 Å². The van der Waals surface area contributed by atoms with Gasteiger partial charge in [-0.25, -0.2) is 0 Å². The molecule has 36 heavy (non-hydrogen) atoms. The predicted molar refractivity (Wildman–Crippen MR) is 136 cm³/mol. The van der Waals surface area contributed by atoms with E-state index in [2.05, 4.69) is 6.92 Å². The van der Waals surface area contributed by atoms with Crippen molar-refractivity contribution in [3.8, 4) is 0 Å². The lowest BCUT2D eigenvalue weighted by Crippen LogP contribution is -2.61. The summed E-state index contributed by atoms with van der Waals surface area (Å²) in [4.78, 5) is 46.9. The molecule has 0 amide bonds. The molecule has 10 heteroatoms. The van der Waals surface area contributed by atoms with Gasteiger partial charge in [-0.05, 0) is 12.2 Å². The Morgan fingerprint density at radius 1 is 0.639 bits per heavy atom. The molecular formula is C26H44O9S. The molecule has 208 valence electrons. The summed E-state index contributed by atoms with van der Waals surface area (Å²) in [5, 5.41) is 0. The van der Waals surface area contributed by atoms with Crippen LogP contribution in [0.15, 0.2) is 0 Å². The first-order chi connectivity index (χ1) is 17.1. The fraction of sp³-hybridized carbons (Fsp3) is 0.846. The Balaban J connectivity index is 2.77. The lowest BCUT2D eigenvalue weighted by atomic mass is 9.99. The molecule has 0 aromatic rings. The van der Waals surface area contributed by atoms with Crippen molar-refractivity contribution < 1.29 is 42.9 Å². The molecule has 0 aromatic heterocycles. The molecule has 9 nitrogen and oxygen atoms in total. The number of ether oxygens (including phenoxy) is 5. The Bertz CT molecular complexity index is 684. The molecule has 0 radical (unpaired) electrons. The second-order valence-corrected chi connectivity index (χ2v) is 10.3. The van der Waals surface area contributed by atoms with Crippen LogP contribution in [0.3, 0.4) is 0 Å². The third-order valence-corrected chi connectivity index (χ3v) is 6.96. The lowest BCUT2D eigenvalue weighted by molar-refractivity contribution is -0.237. The maximum Gasteiger partial charge on any atom is 0.303 e. The van der Waals surface area contributed by atoms with Crippen molar-refractivity contribution in [2.75, 3.05) is 12.4 Å². The zero-order valence-corrected chi connectivity index (χ0v) is 23.3. The van der Waals surface area contributed by atoms with Crippen LogP contribution in [0.5, 0.6) is 0 Å². The minimum absolute atomic E-state index is 0.201. The molecule has 1 saturated heterocycles. The lowest BCUT2D eigenvalue weighted by Gasteiger charge is -2.44. The van der Waals surface area contributed by atoms with Gasteiger partial charge < -0.3 is 23.7 Å². The van der Waals surface area contributed by atoms with Gasteiger partial charge in [-0.1, -0.05) is 64.7 Å². The second kappa shape index (κ2) is 18.4. The third-order valence-electron chi connectivity index (χ3n) is 5.73. The number of hydrogen-bond acceptors (Lipinski definition) is 10. The second-order valence-electron chi connectivity index (χ2n) is 9.12. The van der Waals surface area contributed by atoms with Gasteiger partial charge in [0.15, 0.2) is 18.3 Å². The fourth-order valence-electron chi connectivity index (χ4n) is 4.11. The summed E-state index contributed by atoms with van der Waals surface area (Å²) >= 11 is 1.44. The van der Waals surface area contributed by atoms with E-state index in [9.17, 15) is 19.2 Å². The number of rotatable bonds is 17. The molecule has 0 unspecified atom stereocenters. The monoisotopic (exact) mass is 532 g/mol. The maximum atomic E-state index is 11.9. The van der Waals surface area contributed by atoms with Gasteiger partial charge in [0.1, 0.15) is 18.1 Å². The summed E-state index contributed by atoms with van der Waals surface area (Å²) in [6.07, 6.45) is 8.08. The Hall–Kier alpha value is -1.81. The Morgan fingerprint density at radius 2 is 1.11 bits per heavy atom. The summed E-state index contributed by atoms with van der Waals surface area (Å²) in [5.74, 6) is -1.62. The minimum Gasteiger partial charge on any atom is -0.463 e. The van der Waals surface area contributed by atoms with Crippen LogP contribution in [-0.4, -0.2) is 66.1 Å². The predicted octanol–water partition coefficient (Wildman–Crippen LogP) is 4.72. The molecular weight excluding hydrogens is 488 g/mol. The van der Waals surface area contributed by atoms with Gasteiger partial charge >= 0.3 is 23.9 Å². The SMILES string of the molecule is CCCCCCCCCCCCS[C@@H]1O[C@H](COC(C)=O)[C@H](OC(C)=O)[C@H](OC(C)=O)[C@H]1OC(C)=O. The van der Waals surface area contributed by atoms with Crippen molar-refractivity contribution in [1.82, 2.24) is 0 Å². The summed E-state index contributed by atoms with van der Waals surface area (Å²) in [6.45, 7) is 6.96. The van der Waals surface area contributed by atoms with E-state index in [1.807, 2.05) is 0 Å². The van der Waals surface area contributed by atoms with Gasteiger partial charge in [0.2, 0.25) is 0 Å². The van der Waals surface area contributed by atoms with Crippen LogP contribution in [0.4, 0.5) is 0 Å². The quantitative estimate of drug-likeness (QED) is 0.148. The molecule has 1 aliphatic rings. The number of unbranched alkanes of at least 4 members (excludes halogenated alkanes) is 9. The van der Waals surface area contributed by atoms with Crippen molar-refractivity contribution >= 4 is 35.6 Å². The summed E-state index contributed by atoms with van der Waals surface area (Å²) in [6, 6.07) is 0. The fourth-order valence-corrected chi connectivity index (χ4v) is 5.34. The number of hydrogen-bond donors (Lipinski definition) is 0. The van der Waals surface area contributed by atoms with Gasteiger partial charge in [-0.3, -0.25) is 19.2 Å². The highest BCUT2D eigenvalue weighted by Crippen LogP contribution is 2.34. The van der Waals surface area contributed by atoms with Crippen LogP contribution in [0.25, 0.3) is 0 Å². The number of thioether (sulfide) groups is 1. The highest BCUT2D eigenvalue weighted by molar-refractivity contribution is 7.99. The Labute approximate surface area is 219 Å². The Morgan fingerprint density at radius 3 is 1.61 bits per heavy atom. The molecule has 1 rings (SSSR count). The average molecular weight is 533 g/mol. The molecule has 1 fully saturated rings. The first-order valence-corrected chi connectivity index (χ1v) is 14.1. The van der Waals surface area contributed by atoms with E-state index in [4.69, 9.17) is 23.7 Å². The van der Waals surface area contributed by atoms with E-state index in [0.29, 0.717) is 0 Å². The average Bonchev–Trinajstić information content (AvgIpc) is 2.78. The van der Waals surface area contributed by atoms with Gasteiger partial charge in [0.05, 0.1) is 0 Å². The van der Waals surface area contributed by atoms with Crippen molar-refractivity contribution in [2.45, 2.75) is 129 Å². The zero-order chi connectivity index (χ0) is 26.9. The highest BCUT2D eigenvalue weighted by Gasteiger charge is 2.52. The number of carbonyl (C=O) groups excluding carboxylic acids is 4. The van der Waals surface area contributed by atoms with Crippen molar-refractivity contribution in [3.63, 3.8) is 0 Å². The van der Waals surface area contributed by atoms with E-state index in [1.165, 1.54) is 84.4 Å². The van der Waals surface area contributed by atoms with Crippen molar-refractivity contribution in [3.05, 3.63) is 0 Å². The standard InChI is InChI=1S/C26H44O9S/c1-6-7-8-9-10-11-12-13-14-15-16-36-26-25(34-21(5)30)24(33-20(4)29)23(32-19(3)28)22(35-26)17-31-18(2)27/h22-26H,6-17H2,1-5H3/t22-,23+,24+,25-,26+/m1/s1. The smallest absolute Gasteiger partial charge is 0.303 e. The Kier molecular flexibility index (Phi) is 16.5. The largest absolute Gasteiger partial charge is 0.463 e. The normalized spacial score (nSPS) is 23.5. The van der Waals surface area contributed by atoms with Gasteiger partial charge in [-0.15, -0.1) is 11.8 Å². The first-order valence-electron chi connectivity index (χ1n) is 13.1. The first kappa shape index (κ1) is 32.2. The molecule has 0 aromatic carbocycles. The van der Waals surface area contributed by atoms with Crippen molar-refractivity contribution in [2.24, 2.45) is 0 Å². The van der Waals surface area contributed by atoms with Crippen LogP contribution in [0.1, 0.15) is 98.8 Å². The van der Waals surface area contributed by atoms with Gasteiger partial charge in [-0.2, -0.15) is 0 Å². The molecule has 0 saturated carbocycles. The van der Waals surface area contributed by atoms with Crippen LogP contribution in [-0.2, 0) is 42.9 Å². The summed E-state index contributed by atoms with van der Waals surface area (Å²) in [7, 11) is 0. The number of esters is 4. The van der Waals surface area contributed by atoms with E-state index in [-0.39, 0.29) is 6.61 Å². The molecule has 0 spiro atoms. The summed E-state index contributed by atoms with van der Waals surface area (Å²) in [5.41, 5.74) is -0.691. The van der Waals surface area contributed by atoms with Crippen LogP contribution in [0, 0.1) is 0 Å².